The van der Waals surface area contributed by atoms with E-state index in [0.717, 1.165) is 0 Å². The van der Waals surface area contributed by atoms with Crippen molar-refractivity contribution in [3.63, 3.8) is 0 Å². The summed E-state index contributed by atoms with van der Waals surface area (Å²) in [6.07, 6.45) is -5.27. The van der Waals surface area contributed by atoms with Gasteiger partial charge in [0.05, 0.1) is 10.9 Å². The van der Waals surface area contributed by atoms with Crippen molar-refractivity contribution in [2.24, 2.45) is 0 Å². The average Bonchev–Trinajstić information content (AvgIpc) is 2.40. The van der Waals surface area contributed by atoms with Crippen LogP contribution in [0.25, 0.3) is 0 Å². The van der Waals surface area contributed by atoms with Crippen molar-refractivity contribution < 1.29 is 17.6 Å². The lowest BCUT2D eigenvalue weighted by atomic mass is 10.0. The standard InChI is InChI=1S/C13H15BrF4N2/c14-12-9(2-1-3-10(12)15)11(8-13(16,17)18)20-6-4-19-5-7-20/h1-3,11,19H,4-8H2/t11-/m1/s1. The minimum Gasteiger partial charge on any atom is -0.314 e. The Kier molecular flexibility index (Phi) is 5.04. The van der Waals surface area contributed by atoms with Crippen LogP contribution in [0.15, 0.2) is 22.7 Å². The number of benzene rings is 1. The molecule has 7 heteroatoms. The fraction of sp³-hybridized carbons (Fsp3) is 0.538. The molecule has 0 amide bonds. The molecule has 112 valence electrons. The molecule has 0 unspecified atom stereocenters. The van der Waals surface area contributed by atoms with Crippen molar-refractivity contribution in [3.05, 3.63) is 34.1 Å². The maximum atomic E-state index is 13.6. The highest BCUT2D eigenvalue weighted by Crippen LogP contribution is 2.37. The summed E-state index contributed by atoms with van der Waals surface area (Å²) in [5.41, 5.74) is 0.351. The average molecular weight is 355 g/mol. The van der Waals surface area contributed by atoms with Crippen LogP contribution in [0, 0.1) is 5.82 Å². The van der Waals surface area contributed by atoms with Gasteiger partial charge in [-0.25, -0.2) is 4.39 Å². The first-order valence-electron chi connectivity index (χ1n) is 6.34. The van der Waals surface area contributed by atoms with Gasteiger partial charge in [-0.2, -0.15) is 13.2 Å². The summed E-state index contributed by atoms with van der Waals surface area (Å²) < 4.78 is 52.2. The molecule has 1 aromatic carbocycles. The molecule has 0 bridgehead atoms. The second-order valence-electron chi connectivity index (χ2n) is 4.76. The molecule has 0 spiro atoms. The highest BCUT2D eigenvalue weighted by Gasteiger charge is 2.36. The summed E-state index contributed by atoms with van der Waals surface area (Å²) in [5, 5.41) is 3.10. The predicted octanol–water partition coefficient (Wildman–Crippen LogP) is 3.49. The lowest BCUT2D eigenvalue weighted by molar-refractivity contribution is -0.148. The number of rotatable bonds is 3. The van der Waals surface area contributed by atoms with E-state index in [9.17, 15) is 17.6 Å². The third-order valence-electron chi connectivity index (χ3n) is 3.36. The zero-order valence-electron chi connectivity index (χ0n) is 10.7. The molecule has 1 heterocycles. The van der Waals surface area contributed by atoms with Gasteiger partial charge in [-0.15, -0.1) is 0 Å². The molecule has 0 saturated carbocycles. The number of hydrogen-bond donors (Lipinski definition) is 1. The van der Waals surface area contributed by atoms with Crippen LogP contribution in [-0.2, 0) is 0 Å². The van der Waals surface area contributed by atoms with Gasteiger partial charge in [0.15, 0.2) is 0 Å². The Morgan fingerprint density at radius 3 is 2.50 bits per heavy atom. The minimum atomic E-state index is -4.29. The SMILES string of the molecule is Fc1cccc([C@@H](CC(F)(F)F)N2CCNCC2)c1Br. The normalized spacial score (nSPS) is 19.1. The lowest BCUT2D eigenvalue weighted by Gasteiger charge is -2.36. The van der Waals surface area contributed by atoms with Gasteiger partial charge in [0.1, 0.15) is 5.82 Å². The largest absolute Gasteiger partial charge is 0.390 e. The maximum absolute atomic E-state index is 13.6. The minimum absolute atomic E-state index is 0.118. The summed E-state index contributed by atoms with van der Waals surface area (Å²) >= 11 is 3.07. The van der Waals surface area contributed by atoms with Crippen molar-refractivity contribution in [1.29, 1.82) is 0 Å². The molecule has 0 radical (unpaired) electrons. The number of nitrogens with one attached hydrogen (secondary N) is 1. The first-order chi connectivity index (χ1) is 9.38. The van der Waals surface area contributed by atoms with Gasteiger partial charge in [0.25, 0.3) is 0 Å². The van der Waals surface area contributed by atoms with E-state index in [-0.39, 0.29) is 4.47 Å². The zero-order valence-corrected chi connectivity index (χ0v) is 12.3. The van der Waals surface area contributed by atoms with Crippen molar-refractivity contribution in [2.75, 3.05) is 26.2 Å². The Balaban J connectivity index is 2.32. The Labute approximate surface area is 123 Å². The Hall–Kier alpha value is -0.660. The first-order valence-corrected chi connectivity index (χ1v) is 7.13. The van der Waals surface area contributed by atoms with Gasteiger partial charge in [-0.05, 0) is 27.6 Å². The van der Waals surface area contributed by atoms with Crippen molar-refractivity contribution in [3.8, 4) is 0 Å². The molecule has 1 saturated heterocycles. The fourth-order valence-electron chi connectivity index (χ4n) is 2.43. The molecule has 2 nitrogen and oxygen atoms in total. The summed E-state index contributed by atoms with van der Waals surface area (Å²) in [4.78, 5) is 1.75. The van der Waals surface area contributed by atoms with Gasteiger partial charge in [-0.3, -0.25) is 4.90 Å². The second-order valence-corrected chi connectivity index (χ2v) is 5.56. The molecule has 0 aliphatic carbocycles. The van der Waals surface area contributed by atoms with Crippen molar-refractivity contribution in [2.45, 2.75) is 18.6 Å². The number of hydrogen-bond acceptors (Lipinski definition) is 2. The van der Waals surface area contributed by atoms with Gasteiger partial charge in [0.2, 0.25) is 0 Å². The van der Waals surface area contributed by atoms with E-state index in [0.29, 0.717) is 31.7 Å². The highest BCUT2D eigenvalue weighted by molar-refractivity contribution is 9.10. The number of halogens is 5. The highest BCUT2D eigenvalue weighted by atomic mass is 79.9. The maximum Gasteiger partial charge on any atom is 0.390 e. The van der Waals surface area contributed by atoms with Crippen LogP contribution < -0.4 is 5.32 Å². The van der Waals surface area contributed by atoms with E-state index in [4.69, 9.17) is 0 Å². The number of nitrogens with zero attached hydrogens (tertiary/aromatic N) is 1. The van der Waals surface area contributed by atoms with Crippen molar-refractivity contribution >= 4 is 15.9 Å². The molecule has 1 atom stereocenters. The zero-order chi connectivity index (χ0) is 14.8. The van der Waals surface area contributed by atoms with Gasteiger partial charge in [-0.1, -0.05) is 12.1 Å². The van der Waals surface area contributed by atoms with Crippen molar-refractivity contribution in [1.82, 2.24) is 10.2 Å². The van der Waals surface area contributed by atoms with E-state index in [1.54, 1.807) is 11.0 Å². The summed E-state index contributed by atoms with van der Waals surface area (Å²) in [5.74, 6) is -0.537. The fourth-order valence-corrected chi connectivity index (χ4v) is 2.96. The Bertz CT molecular complexity index is 458. The van der Waals surface area contributed by atoms with Crippen LogP contribution >= 0.6 is 15.9 Å². The Morgan fingerprint density at radius 1 is 1.25 bits per heavy atom. The smallest absolute Gasteiger partial charge is 0.314 e. The third kappa shape index (κ3) is 3.93. The quantitative estimate of drug-likeness (QED) is 0.836. The van der Waals surface area contributed by atoms with E-state index < -0.39 is 24.5 Å². The van der Waals surface area contributed by atoms with Crippen LogP contribution in [0.1, 0.15) is 18.0 Å². The van der Waals surface area contributed by atoms with Crippen LogP contribution in [0.2, 0.25) is 0 Å². The molecular weight excluding hydrogens is 340 g/mol. The van der Waals surface area contributed by atoms with E-state index in [2.05, 4.69) is 21.2 Å². The van der Waals surface area contributed by atoms with Gasteiger partial charge in [0, 0.05) is 32.2 Å². The molecular formula is C13H15BrF4N2. The second kappa shape index (κ2) is 6.41. The topological polar surface area (TPSA) is 15.3 Å². The predicted molar refractivity (Wildman–Crippen MR) is 72.0 cm³/mol. The van der Waals surface area contributed by atoms with Crippen LogP contribution in [0.3, 0.4) is 0 Å². The summed E-state index contributed by atoms with van der Waals surface area (Å²) in [6, 6.07) is 3.37. The van der Waals surface area contributed by atoms with E-state index in [1.165, 1.54) is 12.1 Å². The lowest BCUT2D eigenvalue weighted by Crippen LogP contribution is -2.46. The molecule has 20 heavy (non-hydrogen) atoms. The van der Waals surface area contributed by atoms with Crippen LogP contribution in [0.4, 0.5) is 17.6 Å². The van der Waals surface area contributed by atoms with Crippen LogP contribution in [-0.4, -0.2) is 37.3 Å². The number of alkyl halides is 3. The van der Waals surface area contributed by atoms with Gasteiger partial charge < -0.3 is 5.32 Å². The van der Waals surface area contributed by atoms with E-state index >= 15 is 0 Å². The van der Waals surface area contributed by atoms with Crippen LogP contribution in [0.5, 0.6) is 0 Å². The first kappa shape index (κ1) is 15.7. The van der Waals surface area contributed by atoms with Gasteiger partial charge >= 0.3 is 6.18 Å². The third-order valence-corrected chi connectivity index (χ3v) is 4.19. The summed E-state index contributed by atoms with van der Waals surface area (Å²) in [6.45, 7) is 2.32. The molecule has 1 N–H and O–H groups in total. The molecule has 0 aromatic heterocycles. The molecule has 1 aliphatic heterocycles. The summed E-state index contributed by atoms with van der Waals surface area (Å²) in [7, 11) is 0. The molecule has 1 aliphatic rings. The Morgan fingerprint density at radius 2 is 1.90 bits per heavy atom. The molecule has 1 fully saturated rings. The molecule has 1 aromatic rings. The monoisotopic (exact) mass is 354 g/mol. The molecule has 2 rings (SSSR count). The van der Waals surface area contributed by atoms with E-state index in [1.807, 2.05) is 0 Å². The number of piperazine rings is 1.